The largest absolute Gasteiger partial charge is 0.508 e. The second kappa shape index (κ2) is 3.67. The standard InChI is InChI=1S/C9H10O3/c1-2-3-12-9-5-7(10)4-8(11)6-9/h2-6,10-11H,1H3/b3-2-. The van der Waals surface area contributed by atoms with Gasteiger partial charge in [0, 0.05) is 18.2 Å². The van der Waals surface area contributed by atoms with Crippen LogP contribution < -0.4 is 4.74 Å². The van der Waals surface area contributed by atoms with Crippen LogP contribution >= 0.6 is 0 Å². The summed E-state index contributed by atoms with van der Waals surface area (Å²) in [5.41, 5.74) is 0. The molecule has 2 N–H and O–H groups in total. The minimum Gasteiger partial charge on any atom is -0.508 e. The summed E-state index contributed by atoms with van der Waals surface area (Å²) in [5.74, 6) is 0.370. The molecule has 0 bridgehead atoms. The maximum Gasteiger partial charge on any atom is 0.133 e. The molecule has 0 aromatic heterocycles. The summed E-state index contributed by atoms with van der Waals surface area (Å²) in [7, 11) is 0. The van der Waals surface area contributed by atoms with Gasteiger partial charge in [-0.25, -0.2) is 0 Å². The van der Waals surface area contributed by atoms with Crippen molar-refractivity contribution >= 4 is 0 Å². The topological polar surface area (TPSA) is 49.7 Å². The molecule has 0 heterocycles. The van der Waals surface area contributed by atoms with Gasteiger partial charge in [0.25, 0.3) is 0 Å². The van der Waals surface area contributed by atoms with Crippen molar-refractivity contribution in [2.75, 3.05) is 0 Å². The summed E-state index contributed by atoms with van der Waals surface area (Å²) in [6.45, 7) is 1.81. The van der Waals surface area contributed by atoms with Gasteiger partial charge >= 0.3 is 0 Å². The van der Waals surface area contributed by atoms with E-state index in [-0.39, 0.29) is 11.5 Å². The van der Waals surface area contributed by atoms with Crippen LogP contribution in [0.5, 0.6) is 17.2 Å². The van der Waals surface area contributed by atoms with Crippen LogP contribution in [0.2, 0.25) is 0 Å². The van der Waals surface area contributed by atoms with Gasteiger partial charge in [-0.05, 0) is 6.92 Å². The zero-order valence-electron chi connectivity index (χ0n) is 6.69. The molecule has 0 amide bonds. The molecule has 0 fully saturated rings. The lowest BCUT2D eigenvalue weighted by atomic mass is 10.3. The molecule has 0 saturated heterocycles. The van der Waals surface area contributed by atoms with Gasteiger partial charge in [-0.15, -0.1) is 0 Å². The third-order valence-corrected chi connectivity index (χ3v) is 1.22. The Labute approximate surface area is 70.5 Å². The fourth-order valence-corrected chi connectivity index (χ4v) is 0.783. The quantitative estimate of drug-likeness (QED) is 0.661. The molecule has 1 rings (SSSR count). The van der Waals surface area contributed by atoms with Gasteiger partial charge in [0.2, 0.25) is 0 Å². The number of aromatic hydroxyl groups is 2. The molecule has 0 unspecified atom stereocenters. The van der Waals surface area contributed by atoms with Crippen molar-refractivity contribution < 1.29 is 14.9 Å². The van der Waals surface area contributed by atoms with Crippen molar-refractivity contribution in [3.8, 4) is 17.2 Å². The van der Waals surface area contributed by atoms with E-state index in [4.69, 9.17) is 14.9 Å². The highest BCUT2D eigenvalue weighted by Crippen LogP contribution is 2.25. The van der Waals surface area contributed by atoms with E-state index in [1.54, 1.807) is 6.08 Å². The highest BCUT2D eigenvalue weighted by molar-refractivity contribution is 5.40. The average molecular weight is 166 g/mol. The van der Waals surface area contributed by atoms with E-state index in [2.05, 4.69) is 0 Å². The summed E-state index contributed by atoms with van der Waals surface area (Å²) in [6, 6.07) is 4.07. The van der Waals surface area contributed by atoms with Crippen molar-refractivity contribution in [3.63, 3.8) is 0 Å². The lowest BCUT2D eigenvalue weighted by Gasteiger charge is -2.01. The van der Waals surface area contributed by atoms with E-state index in [0.717, 1.165) is 0 Å². The number of allylic oxidation sites excluding steroid dienone is 1. The normalized spacial score (nSPS) is 10.4. The first-order valence-electron chi connectivity index (χ1n) is 3.53. The molecular formula is C9H10O3. The number of phenols is 2. The summed E-state index contributed by atoms with van der Waals surface area (Å²) in [6.07, 6.45) is 3.18. The number of rotatable bonds is 2. The van der Waals surface area contributed by atoms with Crippen LogP contribution in [-0.2, 0) is 0 Å². The number of hydrogen-bond acceptors (Lipinski definition) is 3. The number of benzene rings is 1. The molecule has 3 nitrogen and oxygen atoms in total. The van der Waals surface area contributed by atoms with Crippen molar-refractivity contribution in [1.29, 1.82) is 0 Å². The molecule has 3 heteroatoms. The summed E-state index contributed by atoms with van der Waals surface area (Å²) < 4.78 is 5.02. The first-order chi connectivity index (χ1) is 5.72. The molecule has 0 radical (unpaired) electrons. The molecule has 1 aromatic rings. The van der Waals surface area contributed by atoms with Crippen molar-refractivity contribution in [3.05, 3.63) is 30.5 Å². The van der Waals surface area contributed by atoms with Gasteiger partial charge < -0.3 is 14.9 Å². The Kier molecular flexibility index (Phi) is 2.58. The third kappa shape index (κ3) is 2.20. The fourth-order valence-electron chi connectivity index (χ4n) is 0.783. The fraction of sp³-hybridized carbons (Fsp3) is 0.111. The Bertz CT molecular complexity index is 272. The summed E-state index contributed by atoms with van der Waals surface area (Å²) >= 11 is 0. The van der Waals surface area contributed by atoms with E-state index in [1.807, 2.05) is 6.92 Å². The maximum absolute atomic E-state index is 9.03. The zero-order chi connectivity index (χ0) is 8.97. The van der Waals surface area contributed by atoms with Crippen LogP contribution in [0.15, 0.2) is 30.5 Å². The molecule has 64 valence electrons. The van der Waals surface area contributed by atoms with Crippen LogP contribution in [0.1, 0.15) is 6.92 Å². The van der Waals surface area contributed by atoms with E-state index < -0.39 is 0 Å². The van der Waals surface area contributed by atoms with Gasteiger partial charge in [0.15, 0.2) is 0 Å². The average Bonchev–Trinajstić information content (AvgIpc) is 1.99. The minimum atomic E-state index is -0.0190. The monoisotopic (exact) mass is 166 g/mol. The minimum absolute atomic E-state index is 0.0190. The number of phenolic OH excluding ortho intramolecular Hbond substituents is 2. The number of ether oxygens (including phenoxy) is 1. The molecule has 1 aromatic carbocycles. The molecule has 0 saturated carbocycles. The molecule has 12 heavy (non-hydrogen) atoms. The van der Waals surface area contributed by atoms with Crippen molar-refractivity contribution in [2.45, 2.75) is 6.92 Å². The lowest BCUT2D eigenvalue weighted by molar-refractivity contribution is 0.431. The predicted octanol–water partition coefficient (Wildman–Crippen LogP) is 2.01. The van der Waals surface area contributed by atoms with E-state index in [0.29, 0.717) is 5.75 Å². The maximum atomic E-state index is 9.03. The Morgan fingerprint density at radius 3 is 2.25 bits per heavy atom. The first kappa shape index (κ1) is 8.46. The van der Waals surface area contributed by atoms with Crippen LogP contribution in [0.4, 0.5) is 0 Å². The second-order valence-corrected chi connectivity index (χ2v) is 2.27. The Morgan fingerprint density at radius 2 is 1.75 bits per heavy atom. The number of hydrogen-bond donors (Lipinski definition) is 2. The van der Waals surface area contributed by atoms with Gasteiger partial charge in [-0.1, -0.05) is 6.08 Å². The predicted molar refractivity (Wildman–Crippen MR) is 45.2 cm³/mol. The van der Waals surface area contributed by atoms with Crippen molar-refractivity contribution in [1.82, 2.24) is 0 Å². The Balaban J connectivity index is 2.85. The molecule has 0 aliphatic carbocycles. The smallest absolute Gasteiger partial charge is 0.133 e. The van der Waals surface area contributed by atoms with Gasteiger partial charge in [-0.3, -0.25) is 0 Å². The Morgan fingerprint density at radius 1 is 1.17 bits per heavy atom. The molecule has 0 aliphatic heterocycles. The van der Waals surface area contributed by atoms with E-state index >= 15 is 0 Å². The second-order valence-electron chi connectivity index (χ2n) is 2.27. The van der Waals surface area contributed by atoms with Gasteiger partial charge in [0.05, 0.1) is 6.26 Å². The Hall–Kier alpha value is -1.64. The molecular weight excluding hydrogens is 156 g/mol. The van der Waals surface area contributed by atoms with Crippen molar-refractivity contribution in [2.24, 2.45) is 0 Å². The summed E-state index contributed by atoms with van der Waals surface area (Å²) in [5, 5.41) is 18.1. The lowest BCUT2D eigenvalue weighted by Crippen LogP contribution is -1.80. The van der Waals surface area contributed by atoms with E-state index in [1.165, 1.54) is 24.5 Å². The highest BCUT2D eigenvalue weighted by atomic mass is 16.5. The van der Waals surface area contributed by atoms with Crippen LogP contribution in [-0.4, -0.2) is 10.2 Å². The van der Waals surface area contributed by atoms with Crippen LogP contribution in [0, 0.1) is 0 Å². The molecule has 0 aliphatic rings. The van der Waals surface area contributed by atoms with Gasteiger partial charge in [-0.2, -0.15) is 0 Å². The molecule has 0 atom stereocenters. The van der Waals surface area contributed by atoms with Crippen LogP contribution in [0.3, 0.4) is 0 Å². The summed E-state index contributed by atoms with van der Waals surface area (Å²) in [4.78, 5) is 0. The first-order valence-corrected chi connectivity index (χ1v) is 3.53. The zero-order valence-corrected chi connectivity index (χ0v) is 6.69. The van der Waals surface area contributed by atoms with E-state index in [9.17, 15) is 0 Å². The SMILES string of the molecule is C/C=C\Oc1cc(O)cc(O)c1. The molecule has 0 spiro atoms. The highest BCUT2D eigenvalue weighted by Gasteiger charge is 1.97. The van der Waals surface area contributed by atoms with Crippen LogP contribution in [0.25, 0.3) is 0 Å². The van der Waals surface area contributed by atoms with Gasteiger partial charge in [0.1, 0.15) is 17.2 Å². The third-order valence-electron chi connectivity index (χ3n) is 1.22.